The molecule has 2 heteroatoms. The molecule has 1 unspecified atom stereocenters. The molecule has 0 aromatic carbocycles. The highest BCUT2D eigenvalue weighted by Crippen LogP contribution is 2.15. The van der Waals surface area contributed by atoms with E-state index in [-0.39, 0.29) is 5.54 Å². The third-order valence-electron chi connectivity index (χ3n) is 3.97. The predicted molar refractivity (Wildman–Crippen MR) is 81.1 cm³/mol. The van der Waals surface area contributed by atoms with Crippen molar-refractivity contribution < 1.29 is 0 Å². The molecule has 1 aliphatic rings. The summed E-state index contributed by atoms with van der Waals surface area (Å²) >= 11 is 0. The van der Waals surface area contributed by atoms with Crippen LogP contribution < -0.4 is 5.32 Å². The Morgan fingerprint density at radius 1 is 1.00 bits per heavy atom. The summed E-state index contributed by atoms with van der Waals surface area (Å²) in [6.45, 7) is 13.0. The van der Waals surface area contributed by atoms with Crippen molar-refractivity contribution in [2.45, 2.75) is 84.2 Å². The zero-order valence-corrected chi connectivity index (χ0v) is 13.1. The standard InChI is InChI=1S/C16H34N2/c1-15(11-10-12-17-16(2,3)4)18-13-8-6-5-7-9-14-18/h15,17H,5-14H2,1-4H3. The van der Waals surface area contributed by atoms with Gasteiger partial charge in [0.15, 0.2) is 0 Å². The molecule has 1 rings (SSSR count). The van der Waals surface area contributed by atoms with Crippen LogP contribution in [0.3, 0.4) is 0 Å². The van der Waals surface area contributed by atoms with Crippen LogP contribution in [0.1, 0.15) is 72.6 Å². The summed E-state index contributed by atoms with van der Waals surface area (Å²) in [5, 5.41) is 3.58. The highest BCUT2D eigenvalue weighted by Gasteiger charge is 2.15. The monoisotopic (exact) mass is 254 g/mol. The normalized spacial score (nSPS) is 21.3. The topological polar surface area (TPSA) is 15.3 Å². The molecular formula is C16H34N2. The molecule has 1 atom stereocenters. The molecule has 1 fully saturated rings. The Kier molecular flexibility index (Phi) is 7.25. The van der Waals surface area contributed by atoms with Gasteiger partial charge in [0.05, 0.1) is 0 Å². The fourth-order valence-electron chi connectivity index (χ4n) is 2.76. The highest BCUT2D eigenvalue weighted by atomic mass is 15.1. The van der Waals surface area contributed by atoms with Crippen molar-refractivity contribution in [1.82, 2.24) is 10.2 Å². The summed E-state index contributed by atoms with van der Waals surface area (Å²) in [6, 6.07) is 0.768. The minimum absolute atomic E-state index is 0.268. The smallest absolute Gasteiger partial charge is 0.00965 e. The van der Waals surface area contributed by atoms with Crippen molar-refractivity contribution in [1.29, 1.82) is 0 Å². The molecule has 0 aromatic heterocycles. The average Bonchev–Trinajstić information content (AvgIpc) is 2.22. The molecule has 2 nitrogen and oxygen atoms in total. The number of hydrogen-bond acceptors (Lipinski definition) is 2. The largest absolute Gasteiger partial charge is 0.312 e. The van der Waals surface area contributed by atoms with E-state index in [1.54, 1.807) is 0 Å². The number of rotatable bonds is 5. The van der Waals surface area contributed by atoms with Crippen molar-refractivity contribution in [3.8, 4) is 0 Å². The van der Waals surface area contributed by atoms with Crippen LogP contribution in [0.4, 0.5) is 0 Å². The quantitative estimate of drug-likeness (QED) is 0.751. The van der Waals surface area contributed by atoms with E-state index in [0.717, 1.165) is 12.6 Å². The molecule has 18 heavy (non-hydrogen) atoms. The van der Waals surface area contributed by atoms with Crippen molar-refractivity contribution in [3.63, 3.8) is 0 Å². The Hall–Kier alpha value is -0.0800. The van der Waals surface area contributed by atoms with Gasteiger partial charge in [-0.25, -0.2) is 0 Å². The Bertz CT molecular complexity index is 200. The van der Waals surface area contributed by atoms with Gasteiger partial charge in [-0.3, -0.25) is 0 Å². The maximum absolute atomic E-state index is 3.58. The molecule has 1 N–H and O–H groups in total. The van der Waals surface area contributed by atoms with E-state index >= 15 is 0 Å². The van der Waals surface area contributed by atoms with Gasteiger partial charge in [-0.15, -0.1) is 0 Å². The van der Waals surface area contributed by atoms with Gasteiger partial charge in [-0.1, -0.05) is 19.3 Å². The Morgan fingerprint density at radius 2 is 1.56 bits per heavy atom. The van der Waals surface area contributed by atoms with Crippen LogP contribution in [0.25, 0.3) is 0 Å². The Morgan fingerprint density at radius 3 is 2.11 bits per heavy atom. The maximum Gasteiger partial charge on any atom is 0.00965 e. The van der Waals surface area contributed by atoms with Crippen LogP contribution in [0.2, 0.25) is 0 Å². The fourth-order valence-corrected chi connectivity index (χ4v) is 2.76. The van der Waals surface area contributed by atoms with Gasteiger partial charge in [0.1, 0.15) is 0 Å². The first-order valence-corrected chi connectivity index (χ1v) is 7.98. The molecule has 1 heterocycles. The predicted octanol–water partition coefficient (Wildman–Crippen LogP) is 3.81. The van der Waals surface area contributed by atoms with Crippen molar-refractivity contribution >= 4 is 0 Å². The molecule has 0 aromatic rings. The van der Waals surface area contributed by atoms with E-state index in [2.05, 4.69) is 37.9 Å². The van der Waals surface area contributed by atoms with E-state index in [9.17, 15) is 0 Å². The molecule has 0 bridgehead atoms. The molecule has 0 aliphatic carbocycles. The summed E-state index contributed by atoms with van der Waals surface area (Å²) in [4.78, 5) is 2.72. The Labute approximate surface area is 115 Å². The maximum atomic E-state index is 3.58. The van der Waals surface area contributed by atoms with E-state index in [1.165, 1.54) is 58.0 Å². The van der Waals surface area contributed by atoms with Crippen molar-refractivity contribution in [3.05, 3.63) is 0 Å². The first-order valence-electron chi connectivity index (χ1n) is 7.98. The fraction of sp³-hybridized carbons (Fsp3) is 1.00. The lowest BCUT2D eigenvalue weighted by Gasteiger charge is -2.31. The van der Waals surface area contributed by atoms with Crippen molar-refractivity contribution in [2.24, 2.45) is 0 Å². The molecule has 1 saturated heterocycles. The van der Waals surface area contributed by atoms with Crippen LogP contribution in [-0.4, -0.2) is 36.1 Å². The lowest BCUT2D eigenvalue weighted by Crippen LogP contribution is -2.38. The highest BCUT2D eigenvalue weighted by molar-refractivity contribution is 4.73. The number of nitrogens with zero attached hydrogens (tertiary/aromatic N) is 1. The minimum Gasteiger partial charge on any atom is -0.312 e. The molecule has 0 radical (unpaired) electrons. The van der Waals surface area contributed by atoms with E-state index in [1.807, 2.05) is 0 Å². The molecule has 0 saturated carbocycles. The lowest BCUT2D eigenvalue weighted by atomic mass is 10.0. The molecule has 108 valence electrons. The summed E-state index contributed by atoms with van der Waals surface area (Å²) in [6.07, 6.45) is 9.79. The second kappa shape index (κ2) is 8.16. The third kappa shape index (κ3) is 7.38. The zero-order chi connectivity index (χ0) is 13.4. The molecular weight excluding hydrogens is 220 g/mol. The van der Waals surface area contributed by atoms with Gasteiger partial charge >= 0.3 is 0 Å². The first-order chi connectivity index (χ1) is 8.49. The van der Waals surface area contributed by atoms with Crippen LogP contribution in [0, 0.1) is 0 Å². The summed E-state index contributed by atoms with van der Waals surface area (Å²) in [7, 11) is 0. The average molecular weight is 254 g/mol. The summed E-state index contributed by atoms with van der Waals surface area (Å²) in [5.74, 6) is 0. The molecule has 0 amide bonds. The third-order valence-corrected chi connectivity index (χ3v) is 3.97. The molecule has 1 aliphatic heterocycles. The zero-order valence-electron chi connectivity index (χ0n) is 13.1. The number of nitrogens with one attached hydrogen (secondary N) is 1. The van der Waals surface area contributed by atoms with Crippen LogP contribution in [-0.2, 0) is 0 Å². The summed E-state index contributed by atoms with van der Waals surface area (Å²) in [5.41, 5.74) is 0.268. The number of likely N-dealkylation sites (tertiary alicyclic amines) is 1. The second-order valence-corrected chi connectivity index (χ2v) is 6.97. The second-order valence-electron chi connectivity index (χ2n) is 6.97. The van der Waals surface area contributed by atoms with Crippen LogP contribution >= 0.6 is 0 Å². The van der Waals surface area contributed by atoms with Crippen LogP contribution in [0.15, 0.2) is 0 Å². The Balaban J connectivity index is 2.16. The van der Waals surface area contributed by atoms with E-state index in [4.69, 9.17) is 0 Å². The van der Waals surface area contributed by atoms with Gasteiger partial charge < -0.3 is 10.2 Å². The lowest BCUT2D eigenvalue weighted by molar-refractivity contribution is 0.179. The van der Waals surface area contributed by atoms with E-state index < -0.39 is 0 Å². The van der Waals surface area contributed by atoms with Gasteiger partial charge in [0, 0.05) is 11.6 Å². The van der Waals surface area contributed by atoms with E-state index in [0.29, 0.717) is 0 Å². The first kappa shape index (κ1) is 16.0. The van der Waals surface area contributed by atoms with Crippen LogP contribution in [0.5, 0.6) is 0 Å². The minimum atomic E-state index is 0.268. The summed E-state index contributed by atoms with van der Waals surface area (Å²) < 4.78 is 0. The van der Waals surface area contributed by atoms with Gasteiger partial charge in [0.2, 0.25) is 0 Å². The van der Waals surface area contributed by atoms with Gasteiger partial charge in [-0.05, 0) is 73.0 Å². The van der Waals surface area contributed by atoms with Gasteiger partial charge in [0.25, 0.3) is 0 Å². The number of hydrogen-bond donors (Lipinski definition) is 1. The SMILES string of the molecule is CC(CCCNC(C)(C)C)N1CCCCCCC1. The van der Waals surface area contributed by atoms with Crippen molar-refractivity contribution in [2.75, 3.05) is 19.6 Å². The molecule has 0 spiro atoms. The van der Waals surface area contributed by atoms with Gasteiger partial charge in [-0.2, -0.15) is 0 Å².